The molecule has 0 atom stereocenters. The highest BCUT2D eigenvalue weighted by atomic mass is 32.2. The van der Waals surface area contributed by atoms with E-state index in [-0.39, 0.29) is 23.1 Å². The fourth-order valence-electron chi connectivity index (χ4n) is 3.70. The minimum Gasteiger partial charge on any atom is -0.337 e. The number of hydrogen-bond acceptors (Lipinski definition) is 6. The summed E-state index contributed by atoms with van der Waals surface area (Å²) in [5.74, 6) is -0.539. The highest BCUT2D eigenvalue weighted by Gasteiger charge is 2.27. The van der Waals surface area contributed by atoms with Crippen molar-refractivity contribution in [1.82, 2.24) is 18.8 Å². The summed E-state index contributed by atoms with van der Waals surface area (Å²) in [4.78, 5) is 31.2. The van der Waals surface area contributed by atoms with Gasteiger partial charge in [0.1, 0.15) is 0 Å². The summed E-state index contributed by atoms with van der Waals surface area (Å²) in [6, 6.07) is 12.8. The maximum absolute atomic E-state index is 12.9. The number of aromatic nitrogens is 2. The van der Waals surface area contributed by atoms with Gasteiger partial charge in [-0.25, -0.2) is 13.4 Å². The van der Waals surface area contributed by atoms with Gasteiger partial charge in [-0.3, -0.25) is 9.59 Å². The van der Waals surface area contributed by atoms with Crippen LogP contribution in [0, 0.1) is 0 Å². The Labute approximate surface area is 204 Å². The first-order valence-electron chi connectivity index (χ1n) is 11.3. The van der Waals surface area contributed by atoms with E-state index in [1.165, 1.54) is 16.4 Å². The molecule has 184 valence electrons. The number of nitrogens with one attached hydrogen (secondary N) is 2. The molecule has 0 radical (unpaired) electrons. The first-order chi connectivity index (χ1) is 16.8. The Morgan fingerprint density at radius 2 is 1.71 bits per heavy atom. The number of benzene rings is 2. The second-order valence-corrected chi connectivity index (χ2v) is 10.3. The Morgan fingerprint density at radius 3 is 2.40 bits per heavy atom. The van der Waals surface area contributed by atoms with E-state index in [0.717, 1.165) is 0 Å². The van der Waals surface area contributed by atoms with E-state index in [2.05, 4.69) is 20.5 Å². The van der Waals surface area contributed by atoms with Gasteiger partial charge in [-0.15, -0.1) is 0 Å². The quantitative estimate of drug-likeness (QED) is 0.493. The van der Waals surface area contributed by atoms with Crippen LogP contribution in [0.1, 0.15) is 16.8 Å². The predicted molar refractivity (Wildman–Crippen MR) is 133 cm³/mol. The van der Waals surface area contributed by atoms with Crippen molar-refractivity contribution in [2.75, 3.05) is 43.9 Å². The lowest BCUT2D eigenvalue weighted by molar-refractivity contribution is -0.116. The van der Waals surface area contributed by atoms with Crippen molar-refractivity contribution in [2.24, 2.45) is 0 Å². The SMILES string of the molecule is CN1CCN(S(=O)(=O)c2ccc(NC(=O)c3cccc(NC(=O)CCn4ccnc4)c3)cc2)CC1. The van der Waals surface area contributed by atoms with Gasteiger partial charge in [0.25, 0.3) is 5.91 Å². The van der Waals surface area contributed by atoms with Crippen LogP contribution in [0.3, 0.4) is 0 Å². The molecule has 2 heterocycles. The average Bonchev–Trinajstić information content (AvgIpc) is 3.37. The molecule has 2 amide bonds. The number of hydrogen-bond donors (Lipinski definition) is 2. The number of piperazine rings is 1. The number of carbonyl (C=O) groups is 2. The Balaban J connectivity index is 1.35. The van der Waals surface area contributed by atoms with Crippen LogP contribution in [0.2, 0.25) is 0 Å². The number of rotatable bonds is 8. The lowest BCUT2D eigenvalue weighted by Crippen LogP contribution is -2.46. The van der Waals surface area contributed by atoms with Gasteiger partial charge in [0, 0.05) is 68.5 Å². The molecule has 1 saturated heterocycles. The molecule has 1 fully saturated rings. The van der Waals surface area contributed by atoms with E-state index >= 15 is 0 Å². The molecule has 4 rings (SSSR count). The van der Waals surface area contributed by atoms with E-state index < -0.39 is 10.0 Å². The van der Waals surface area contributed by atoms with Crippen LogP contribution in [0.15, 0.2) is 72.1 Å². The normalized spacial score (nSPS) is 15.0. The summed E-state index contributed by atoms with van der Waals surface area (Å²) in [5.41, 5.74) is 1.36. The molecule has 10 nitrogen and oxygen atoms in total. The highest BCUT2D eigenvalue weighted by Crippen LogP contribution is 2.20. The number of sulfonamides is 1. The molecule has 0 unspecified atom stereocenters. The van der Waals surface area contributed by atoms with Crippen molar-refractivity contribution in [3.05, 3.63) is 72.8 Å². The molecule has 1 aromatic heterocycles. The monoisotopic (exact) mass is 496 g/mol. The number of aryl methyl sites for hydroxylation is 1. The van der Waals surface area contributed by atoms with Crippen LogP contribution in [-0.4, -0.2) is 72.2 Å². The van der Waals surface area contributed by atoms with Crippen LogP contribution in [-0.2, 0) is 21.4 Å². The second-order valence-electron chi connectivity index (χ2n) is 8.37. The Bertz CT molecular complexity index is 1270. The molecule has 11 heteroatoms. The molecular weight excluding hydrogens is 468 g/mol. The van der Waals surface area contributed by atoms with Gasteiger partial charge in [-0.05, 0) is 49.5 Å². The Kier molecular flexibility index (Phi) is 7.59. The number of nitrogens with zero attached hydrogens (tertiary/aromatic N) is 4. The van der Waals surface area contributed by atoms with Gasteiger partial charge in [0.05, 0.1) is 11.2 Å². The van der Waals surface area contributed by atoms with Crippen molar-refractivity contribution < 1.29 is 18.0 Å². The van der Waals surface area contributed by atoms with Gasteiger partial charge < -0.3 is 20.1 Å². The fourth-order valence-corrected chi connectivity index (χ4v) is 5.12. The lowest BCUT2D eigenvalue weighted by Gasteiger charge is -2.31. The number of imidazole rings is 1. The van der Waals surface area contributed by atoms with Crippen molar-refractivity contribution >= 4 is 33.2 Å². The van der Waals surface area contributed by atoms with Gasteiger partial charge in [0.2, 0.25) is 15.9 Å². The van der Waals surface area contributed by atoms with E-state index in [4.69, 9.17) is 0 Å². The van der Waals surface area contributed by atoms with Crippen LogP contribution < -0.4 is 10.6 Å². The molecule has 1 aliphatic heterocycles. The molecule has 1 aliphatic rings. The van der Waals surface area contributed by atoms with E-state index in [0.29, 0.717) is 49.7 Å². The molecule has 0 spiro atoms. The topological polar surface area (TPSA) is 117 Å². The molecule has 2 N–H and O–H groups in total. The Hall–Kier alpha value is -3.54. The molecule has 0 aliphatic carbocycles. The van der Waals surface area contributed by atoms with Gasteiger partial charge in [-0.1, -0.05) is 6.07 Å². The van der Waals surface area contributed by atoms with Crippen molar-refractivity contribution in [3.8, 4) is 0 Å². The number of anilines is 2. The number of amides is 2. The fraction of sp³-hybridized carbons (Fsp3) is 0.292. The first-order valence-corrected chi connectivity index (χ1v) is 12.7. The van der Waals surface area contributed by atoms with Crippen LogP contribution in [0.5, 0.6) is 0 Å². The largest absolute Gasteiger partial charge is 0.337 e. The minimum atomic E-state index is -3.57. The van der Waals surface area contributed by atoms with Crippen molar-refractivity contribution in [1.29, 1.82) is 0 Å². The summed E-state index contributed by atoms with van der Waals surface area (Å²) in [6.45, 7) is 2.79. The van der Waals surface area contributed by atoms with E-state index in [1.54, 1.807) is 55.1 Å². The van der Waals surface area contributed by atoms with Crippen LogP contribution in [0.25, 0.3) is 0 Å². The minimum absolute atomic E-state index is 0.173. The zero-order valence-corrected chi connectivity index (χ0v) is 20.2. The average molecular weight is 497 g/mol. The zero-order valence-electron chi connectivity index (χ0n) is 19.4. The Morgan fingerprint density at radius 1 is 0.971 bits per heavy atom. The summed E-state index contributed by atoms with van der Waals surface area (Å²) < 4.78 is 29.0. The van der Waals surface area contributed by atoms with Gasteiger partial charge in [-0.2, -0.15) is 4.31 Å². The molecule has 35 heavy (non-hydrogen) atoms. The third-order valence-corrected chi connectivity index (χ3v) is 7.69. The number of carbonyl (C=O) groups excluding carboxylic acids is 2. The smallest absolute Gasteiger partial charge is 0.255 e. The van der Waals surface area contributed by atoms with Crippen LogP contribution in [0.4, 0.5) is 11.4 Å². The summed E-state index contributed by atoms with van der Waals surface area (Å²) in [7, 11) is -1.60. The molecular formula is C24H28N6O4S. The van der Waals surface area contributed by atoms with Crippen LogP contribution >= 0.6 is 0 Å². The molecule has 2 aromatic carbocycles. The first kappa shape index (κ1) is 24.6. The standard InChI is InChI=1S/C24H28N6O4S/c1-28-13-15-30(16-14-28)35(33,34)22-7-5-20(6-8-22)27-24(32)19-3-2-4-21(17-19)26-23(31)9-11-29-12-10-25-18-29/h2-8,10,12,17-18H,9,11,13-16H2,1H3,(H,26,31)(H,27,32). The maximum Gasteiger partial charge on any atom is 0.255 e. The molecule has 0 bridgehead atoms. The molecule has 0 saturated carbocycles. The predicted octanol–water partition coefficient (Wildman–Crippen LogP) is 2.10. The van der Waals surface area contributed by atoms with Crippen molar-refractivity contribution in [2.45, 2.75) is 17.9 Å². The molecule has 3 aromatic rings. The number of likely N-dealkylation sites (N-methyl/N-ethyl adjacent to an activating group) is 1. The maximum atomic E-state index is 12.9. The van der Waals surface area contributed by atoms with E-state index in [9.17, 15) is 18.0 Å². The summed E-state index contributed by atoms with van der Waals surface area (Å²) in [5, 5.41) is 5.56. The third-order valence-electron chi connectivity index (χ3n) is 5.78. The second kappa shape index (κ2) is 10.8. The van der Waals surface area contributed by atoms with Gasteiger partial charge >= 0.3 is 0 Å². The third kappa shape index (κ3) is 6.32. The van der Waals surface area contributed by atoms with E-state index in [1.807, 2.05) is 11.6 Å². The zero-order chi connectivity index (χ0) is 24.8. The van der Waals surface area contributed by atoms with Gasteiger partial charge in [0.15, 0.2) is 0 Å². The highest BCUT2D eigenvalue weighted by molar-refractivity contribution is 7.89. The summed E-state index contributed by atoms with van der Waals surface area (Å²) in [6.07, 6.45) is 5.36. The van der Waals surface area contributed by atoms with Crippen molar-refractivity contribution in [3.63, 3.8) is 0 Å². The lowest BCUT2D eigenvalue weighted by atomic mass is 10.1. The summed E-state index contributed by atoms with van der Waals surface area (Å²) >= 11 is 0.